The first-order valence-corrected chi connectivity index (χ1v) is 5.12. The molecule has 1 aliphatic heterocycles. The SMILES string of the molecule is COc1cc2c(cc1N)nc1n2CCC1. The molecule has 0 saturated carbocycles. The van der Waals surface area contributed by atoms with Gasteiger partial charge in [0.2, 0.25) is 0 Å². The van der Waals surface area contributed by atoms with Gasteiger partial charge in [0.05, 0.1) is 23.8 Å². The molecular weight excluding hydrogens is 190 g/mol. The Labute approximate surface area is 87.7 Å². The average Bonchev–Trinajstić information content (AvgIpc) is 2.76. The number of imidazole rings is 1. The highest BCUT2D eigenvalue weighted by Gasteiger charge is 2.17. The molecule has 78 valence electrons. The van der Waals surface area contributed by atoms with Crippen molar-refractivity contribution >= 4 is 16.7 Å². The summed E-state index contributed by atoms with van der Waals surface area (Å²) in [5.74, 6) is 1.90. The normalized spacial score (nSPS) is 14.5. The van der Waals surface area contributed by atoms with Gasteiger partial charge in [0.1, 0.15) is 11.6 Å². The van der Waals surface area contributed by atoms with Gasteiger partial charge in [-0.3, -0.25) is 0 Å². The second-order valence-corrected chi connectivity index (χ2v) is 3.87. The number of nitrogens with zero attached hydrogens (tertiary/aromatic N) is 2. The van der Waals surface area contributed by atoms with E-state index in [0.29, 0.717) is 5.69 Å². The number of aromatic nitrogens is 2. The molecule has 2 heterocycles. The quantitative estimate of drug-likeness (QED) is 0.716. The minimum absolute atomic E-state index is 0.654. The van der Waals surface area contributed by atoms with Crippen molar-refractivity contribution in [3.05, 3.63) is 18.0 Å². The van der Waals surface area contributed by atoms with Crippen molar-refractivity contribution in [2.75, 3.05) is 12.8 Å². The van der Waals surface area contributed by atoms with Crippen LogP contribution in [0.3, 0.4) is 0 Å². The molecule has 0 bridgehead atoms. The number of hydrogen-bond acceptors (Lipinski definition) is 3. The molecular formula is C11H13N3O. The Bertz CT molecular complexity index is 530. The van der Waals surface area contributed by atoms with Crippen LogP contribution in [0.1, 0.15) is 12.2 Å². The lowest BCUT2D eigenvalue weighted by molar-refractivity contribution is 0.417. The van der Waals surface area contributed by atoms with E-state index in [2.05, 4.69) is 9.55 Å². The number of rotatable bonds is 1. The average molecular weight is 203 g/mol. The van der Waals surface area contributed by atoms with Gasteiger partial charge in [-0.1, -0.05) is 0 Å². The van der Waals surface area contributed by atoms with Crippen LogP contribution in [0.4, 0.5) is 5.69 Å². The van der Waals surface area contributed by atoms with Crippen LogP contribution < -0.4 is 10.5 Å². The van der Waals surface area contributed by atoms with E-state index in [1.807, 2.05) is 12.1 Å². The number of methoxy groups -OCH3 is 1. The highest BCUT2D eigenvalue weighted by molar-refractivity contribution is 5.83. The van der Waals surface area contributed by atoms with Crippen molar-refractivity contribution in [2.24, 2.45) is 0 Å². The molecule has 0 spiro atoms. The highest BCUT2D eigenvalue weighted by atomic mass is 16.5. The smallest absolute Gasteiger partial charge is 0.143 e. The summed E-state index contributed by atoms with van der Waals surface area (Å²) in [6, 6.07) is 3.87. The molecule has 15 heavy (non-hydrogen) atoms. The summed E-state index contributed by atoms with van der Waals surface area (Å²) in [4.78, 5) is 4.56. The van der Waals surface area contributed by atoms with E-state index in [1.54, 1.807) is 7.11 Å². The van der Waals surface area contributed by atoms with Crippen molar-refractivity contribution in [1.29, 1.82) is 0 Å². The molecule has 2 N–H and O–H groups in total. The number of ether oxygens (including phenoxy) is 1. The molecule has 0 saturated heterocycles. The van der Waals surface area contributed by atoms with Gasteiger partial charge in [-0.15, -0.1) is 0 Å². The first-order valence-electron chi connectivity index (χ1n) is 5.12. The molecule has 0 aliphatic carbocycles. The molecule has 4 nitrogen and oxygen atoms in total. The minimum atomic E-state index is 0.654. The third-order valence-corrected chi connectivity index (χ3v) is 2.96. The minimum Gasteiger partial charge on any atom is -0.495 e. The molecule has 1 aromatic carbocycles. The fourth-order valence-corrected chi connectivity index (χ4v) is 2.23. The fourth-order valence-electron chi connectivity index (χ4n) is 2.23. The Morgan fingerprint density at radius 3 is 3.13 bits per heavy atom. The second kappa shape index (κ2) is 2.89. The Morgan fingerprint density at radius 1 is 1.47 bits per heavy atom. The summed E-state index contributed by atoms with van der Waals surface area (Å²) in [7, 11) is 1.64. The molecule has 0 unspecified atom stereocenters. The van der Waals surface area contributed by atoms with Crippen LogP contribution >= 0.6 is 0 Å². The molecule has 0 radical (unpaired) electrons. The molecule has 2 aromatic rings. The summed E-state index contributed by atoms with van der Waals surface area (Å²) in [6.07, 6.45) is 2.25. The zero-order chi connectivity index (χ0) is 10.4. The van der Waals surface area contributed by atoms with Crippen LogP contribution in [0.15, 0.2) is 12.1 Å². The maximum Gasteiger partial charge on any atom is 0.143 e. The monoisotopic (exact) mass is 203 g/mol. The number of benzene rings is 1. The van der Waals surface area contributed by atoms with Crippen LogP contribution in [0.5, 0.6) is 5.75 Å². The molecule has 1 aromatic heterocycles. The summed E-state index contributed by atoms with van der Waals surface area (Å²) in [6.45, 7) is 1.05. The van der Waals surface area contributed by atoms with Gasteiger partial charge in [-0.2, -0.15) is 0 Å². The fraction of sp³-hybridized carbons (Fsp3) is 0.364. The van der Waals surface area contributed by atoms with E-state index in [0.717, 1.165) is 35.6 Å². The summed E-state index contributed by atoms with van der Waals surface area (Å²) in [5, 5.41) is 0. The second-order valence-electron chi connectivity index (χ2n) is 3.87. The Balaban J connectivity index is 2.32. The lowest BCUT2D eigenvalue weighted by atomic mass is 10.2. The number of hydrogen-bond donors (Lipinski definition) is 1. The summed E-state index contributed by atoms with van der Waals surface area (Å²) < 4.78 is 7.46. The van der Waals surface area contributed by atoms with Crippen LogP contribution in [0, 0.1) is 0 Å². The zero-order valence-electron chi connectivity index (χ0n) is 8.66. The summed E-state index contributed by atoms with van der Waals surface area (Å²) in [5.41, 5.74) is 8.60. The first kappa shape index (κ1) is 8.59. The third kappa shape index (κ3) is 1.11. The predicted octanol–water partition coefficient (Wildman–Crippen LogP) is 1.57. The Kier molecular flexibility index (Phi) is 1.65. The molecule has 0 amide bonds. The third-order valence-electron chi connectivity index (χ3n) is 2.96. The van der Waals surface area contributed by atoms with E-state index in [-0.39, 0.29) is 0 Å². The van der Waals surface area contributed by atoms with Crippen LogP contribution in [0.25, 0.3) is 11.0 Å². The molecule has 0 atom stereocenters. The number of anilines is 1. The Morgan fingerprint density at radius 2 is 2.33 bits per heavy atom. The van der Waals surface area contributed by atoms with Gasteiger partial charge in [0.25, 0.3) is 0 Å². The van der Waals surface area contributed by atoms with E-state index in [1.165, 1.54) is 6.42 Å². The number of nitrogen functional groups attached to an aromatic ring is 1. The first-order chi connectivity index (χ1) is 7.29. The van der Waals surface area contributed by atoms with Crippen molar-refractivity contribution in [2.45, 2.75) is 19.4 Å². The predicted molar refractivity (Wildman–Crippen MR) is 59.0 cm³/mol. The van der Waals surface area contributed by atoms with E-state index < -0.39 is 0 Å². The number of nitrogens with two attached hydrogens (primary N) is 1. The van der Waals surface area contributed by atoms with E-state index >= 15 is 0 Å². The van der Waals surface area contributed by atoms with E-state index in [9.17, 15) is 0 Å². The Hall–Kier alpha value is -1.71. The largest absolute Gasteiger partial charge is 0.495 e. The van der Waals surface area contributed by atoms with Crippen molar-refractivity contribution in [3.63, 3.8) is 0 Å². The molecule has 1 aliphatic rings. The summed E-state index contributed by atoms with van der Waals surface area (Å²) >= 11 is 0. The van der Waals surface area contributed by atoms with Gasteiger partial charge in [0.15, 0.2) is 0 Å². The van der Waals surface area contributed by atoms with Gasteiger partial charge < -0.3 is 15.0 Å². The van der Waals surface area contributed by atoms with E-state index in [4.69, 9.17) is 10.5 Å². The zero-order valence-corrected chi connectivity index (χ0v) is 8.66. The molecule has 0 fully saturated rings. The van der Waals surface area contributed by atoms with Crippen molar-refractivity contribution in [3.8, 4) is 5.75 Å². The van der Waals surface area contributed by atoms with Crippen molar-refractivity contribution < 1.29 is 4.74 Å². The van der Waals surface area contributed by atoms with Gasteiger partial charge in [0, 0.05) is 19.0 Å². The van der Waals surface area contributed by atoms with Crippen LogP contribution in [-0.2, 0) is 13.0 Å². The molecule has 4 heteroatoms. The maximum absolute atomic E-state index is 5.84. The highest BCUT2D eigenvalue weighted by Crippen LogP contribution is 2.30. The maximum atomic E-state index is 5.84. The molecule has 3 rings (SSSR count). The van der Waals surface area contributed by atoms with Crippen molar-refractivity contribution in [1.82, 2.24) is 9.55 Å². The standard InChI is InChI=1S/C11H13N3O/c1-15-10-6-9-8(5-7(10)12)13-11-3-2-4-14(9)11/h5-6H,2-4,12H2,1H3. The number of aryl methyl sites for hydroxylation is 2. The lowest BCUT2D eigenvalue weighted by Crippen LogP contribution is -1.95. The van der Waals surface area contributed by atoms with Gasteiger partial charge in [-0.05, 0) is 12.5 Å². The number of fused-ring (bicyclic) bond motifs is 3. The van der Waals surface area contributed by atoms with Crippen LogP contribution in [-0.4, -0.2) is 16.7 Å². The lowest BCUT2D eigenvalue weighted by Gasteiger charge is -2.05. The van der Waals surface area contributed by atoms with Crippen LogP contribution in [0.2, 0.25) is 0 Å². The van der Waals surface area contributed by atoms with Gasteiger partial charge in [-0.25, -0.2) is 4.98 Å². The topological polar surface area (TPSA) is 53.1 Å². The van der Waals surface area contributed by atoms with Gasteiger partial charge >= 0.3 is 0 Å².